The molecule has 1 aromatic carbocycles. The molecule has 0 amide bonds. The summed E-state index contributed by atoms with van der Waals surface area (Å²) in [6.45, 7) is 0. The quantitative estimate of drug-likeness (QED) is 0.855. The van der Waals surface area contributed by atoms with Gasteiger partial charge in [0.25, 0.3) is 0 Å². The van der Waals surface area contributed by atoms with Gasteiger partial charge in [0.15, 0.2) is 0 Å². The minimum Gasteiger partial charge on any atom is -0.508 e. The van der Waals surface area contributed by atoms with Crippen molar-refractivity contribution in [2.45, 2.75) is 31.3 Å². The van der Waals surface area contributed by atoms with Crippen LogP contribution in [0.4, 0.5) is 0 Å². The van der Waals surface area contributed by atoms with Crippen LogP contribution in [-0.4, -0.2) is 19.9 Å². The summed E-state index contributed by atoms with van der Waals surface area (Å²) in [5, 5.41) is 17.3. The van der Waals surface area contributed by atoms with Crippen LogP contribution < -0.4 is 5.73 Å². The van der Waals surface area contributed by atoms with Crippen molar-refractivity contribution in [3.05, 3.63) is 42.0 Å². The number of phenols is 1. The molecule has 18 heavy (non-hydrogen) atoms. The van der Waals surface area contributed by atoms with Gasteiger partial charge in [-0.2, -0.15) is 0 Å². The molecule has 3 N–H and O–H groups in total. The second kappa shape index (κ2) is 4.42. The van der Waals surface area contributed by atoms with E-state index in [1.807, 2.05) is 12.1 Å². The van der Waals surface area contributed by atoms with E-state index in [4.69, 9.17) is 5.73 Å². The molecule has 1 aromatic heterocycles. The minimum atomic E-state index is -0.155. The van der Waals surface area contributed by atoms with Crippen LogP contribution in [0.3, 0.4) is 0 Å². The highest BCUT2D eigenvalue weighted by Gasteiger charge is 2.27. The fourth-order valence-electron chi connectivity index (χ4n) is 2.13. The predicted octanol–water partition coefficient (Wildman–Crippen LogP) is 1.56. The molecule has 5 nitrogen and oxygen atoms in total. The highest BCUT2D eigenvalue weighted by Crippen LogP contribution is 2.36. The van der Waals surface area contributed by atoms with Gasteiger partial charge in [0.1, 0.15) is 17.9 Å². The van der Waals surface area contributed by atoms with Crippen LogP contribution in [0.25, 0.3) is 0 Å². The Hall–Kier alpha value is -1.88. The zero-order valence-corrected chi connectivity index (χ0v) is 10.0. The smallest absolute Gasteiger partial charge is 0.150 e. The SMILES string of the molecule is N[C@H](Cc1ccc(O)cc1)c1nncn1C1CC1. The van der Waals surface area contributed by atoms with E-state index < -0.39 is 0 Å². The van der Waals surface area contributed by atoms with E-state index in [0.717, 1.165) is 11.4 Å². The van der Waals surface area contributed by atoms with Crippen LogP contribution in [0.1, 0.15) is 36.3 Å². The molecule has 0 spiro atoms. The molecule has 0 radical (unpaired) electrons. The molecular weight excluding hydrogens is 228 g/mol. The van der Waals surface area contributed by atoms with Gasteiger partial charge in [0.2, 0.25) is 0 Å². The van der Waals surface area contributed by atoms with Crippen molar-refractivity contribution < 1.29 is 5.11 Å². The lowest BCUT2D eigenvalue weighted by Crippen LogP contribution is -2.18. The fraction of sp³-hybridized carbons (Fsp3) is 0.385. The molecule has 0 bridgehead atoms. The lowest BCUT2D eigenvalue weighted by Gasteiger charge is -2.12. The Balaban J connectivity index is 1.75. The number of aromatic nitrogens is 3. The number of rotatable bonds is 4. The van der Waals surface area contributed by atoms with E-state index in [9.17, 15) is 5.11 Å². The molecular formula is C13H16N4O. The zero-order valence-electron chi connectivity index (χ0n) is 10.0. The molecule has 0 aliphatic heterocycles. The number of nitrogens with zero attached hydrogens (tertiary/aromatic N) is 3. The van der Waals surface area contributed by atoms with Gasteiger partial charge >= 0.3 is 0 Å². The highest BCUT2D eigenvalue weighted by molar-refractivity contribution is 5.26. The maximum Gasteiger partial charge on any atom is 0.150 e. The van der Waals surface area contributed by atoms with Gasteiger partial charge in [0.05, 0.1) is 6.04 Å². The number of aromatic hydroxyl groups is 1. The van der Waals surface area contributed by atoms with Crippen molar-refractivity contribution in [1.82, 2.24) is 14.8 Å². The van der Waals surface area contributed by atoms with Gasteiger partial charge in [-0.3, -0.25) is 0 Å². The van der Waals surface area contributed by atoms with E-state index in [2.05, 4.69) is 14.8 Å². The van der Waals surface area contributed by atoms with Gasteiger partial charge < -0.3 is 15.4 Å². The summed E-state index contributed by atoms with van der Waals surface area (Å²) in [5.74, 6) is 1.12. The van der Waals surface area contributed by atoms with Gasteiger partial charge in [-0.25, -0.2) is 0 Å². The van der Waals surface area contributed by atoms with Crippen LogP contribution in [-0.2, 0) is 6.42 Å². The Morgan fingerprint density at radius 2 is 2.06 bits per heavy atom. The summed E-state index contributed by atoms with van der Waals surface area (Å²) in [5.41, 5.74) is 7.28. The molecule has 0 saturated heterocycles. The molecule has 2 aromatic rings. The van der Waals surface area contributed by atoms with Crippen molar-refractivity contribution in [3.8, 4) is 5.75 Å². The lowest BCUT2D eigenvalue weighted by atomic mass is 10.1. The van der Waals surface area contributed by atoms with Gasteiger partial charge in [-0.05, 0) is 37.0 Å². The number of hydrogen-bond acceptors (Lipinski definition) is 4. The molecule has 1 aliphatic rings. The molecule has 1 atom stereocenters. The third-order valence-corrected chi connectivity index (χ3v) is 3.26. The Labute approximate surface area is 105 Å². The van der Waals surface area contributed by atoms with Crippen molar-refractivity contribution in [2.24, 2.45) is 5.73 Å². The molecule has 1 aliphatic carbocycles. The van der Waals surface area contributed by atoms with Crippen LogP contribution in [0.15, 0.2) is 30.6 Å². The molecule has 1 saturated carbocycles. The van der Waals surface area contributed by atoms with Gasteiger partial charge in [0, 0.05) is 6.04 Å². The van der Waals surface area contributed by atoms with Gasteiger partial charge in [-0.1, -0.05) is 12.1 Å². The number of hydrogen-bond donors (Lipinski definition) is 2. The Morgan fingerprint density at radius 3 is 2.72 bits per heavy atom. The number of benzene rings is 1. The van der Waals surface area contributed by atoms with Gasteiger partial charge in [-0.15, -0.1) is 10.2 Å². The van der Waals surface area contributed by atoms with Crippen molar-refractivity contribution >= 4 is 0 Å². The predicted molar refractivity (Wildman–Crippen MR) is 67.0 cm³/mol. The summed E-state index contributed by atoms with van der Waals surface area (Å²) >= 11 is 0. The van der Waals surface area contributed by atoms with E-state index in [0.29, 0.717) is 12.5 Å². The molecule has 1 heterocycles. The molecule has 5 heteroatoms. The average molecular weight is 244 g/mol. The molecule has 1 fully saturated rings. The zero-order chi connectivity index (χ0) is 12.5. The third-order valence-electron chi connectivity index (χ3n) is 3.26. The summed E-state index contributed by atoms with van der Waals surface area (Å²) in [6, 6.07) is 7.50. The normalized spacial score (nSPS) is 16.7. The molecule has 3 rings (SSSR count). The maximum atomic E-state index is 9.24. The monoisotopic (exact) mass is 244 g/mol. The van der Waals surface area contributed by atoms with Crippen molar-refractivity contribution in [2.75, 3.05) is 0 Å². The fourth-order valence-corrected chi connectivity index (χ4v) is 2.13. The number of nitrogens with two attached hydrogens (primary N) is 1. The maximum absolute atomic E-state index is 9.24. The van der Waals surface area contributed by atoms with Crippen molar-refractivity contribution in [1.29, 1.82) is 0 Å². The van der Waals surface area contributed by atoms with Crippen molar-refractivity contribution in [3.63, 3.8) is 0 Å². The molecule has 0 unspecified atom stereocenters. The first-order chi connectivity index (χ1) is 8.74. The number of phenolic OH excluding ortho intramolecular Hbond substituents is 1. The first-order valence-electron chi connectivity index (χ1n) is 6.17. The second-order valence-corrected chi connectivity index (χ2v) is 4.80. The largest absolute Gasteiger partial charge is 0.508 e. The minimum absolute atomic E-state index is 0.155. The Morgan fingerprint density at radius 1 is 1.33 bits per heavy atom. The van der Waals surface area contributed by atoms with Crippen LogP contribution in [0.2, 0.25) is 0 Å². The van der Waals surface area contributed by atoms with Crippen LogP contribution in [0, 0.1) is 0 Å². The second-order valence-electron chi connectivity index (χ2n) is 4.80. The third kappa shape index (κ3) is 2.22. The Kier molecular flexibility index (Phi) is 2.76. The molecule has 94 valence electrons. The average Bonchev–Trinajstić information content (AvgIpc) is 3.09. The Bertz CT molecular complexity index is 530. The highest BCUT2D eigenvalue weighted by atomic mass is 16.3. The van der Waals surface area contributed by atoms with E-state index >= 15 is 0 Å². The standard InChI is InChI=1S/C13H16N4O/c14-12(7-9-1-5-11(18)6-2-9)13-16-15-8-17(13)10-3-4-10/h1-2,5-6,8,10,12,18H,3-4,7,14H2/t12-/m1/s1. The summed E-state index contributed by atoms with van der Waals surface area (Å²) in [7, 11) is 0. The van der Waals surface area contributed by atoms with E-state index in [1.165, 1.54) is 12.8 Å². The van der Waals surface area contributed by atoms with E-state index in [-0.39, 0.29) is 11.8 Å². The first-order valence-corrected chi connectivity index (χ1v) is 6.17. The lowest BCUT2D eigenvalue weighted by molar-refractivity contribution is 0.475. The first kappa shape index (κ1) is 11.2. The van der Waals surface area contributed by atoms with Crippen LogP contribution >= 0.6 is 0 Å². The topological polar surface area (TPSA) is 77.0 Å². The van der Waals surface area contributed by atoms with Crippen LogP contribution in [0.5, 0.6) is 5.75 Å². The summed E-state index contributed by atoms with van der Waals surface area (Å²) < 4.78 is 2.09. The summed E-state index contributed by atoms with van der Waals surface area (Å²) in [6.07, 6.45) is 4.85. The summed E-state index contributed by atoms with van der Waals surface area (Å²) in [4.78, 5) is 0. The van der Waals surface area contributed by atoms with E-state index in [1.54, 1.807) is 18.5 Å².